The third-order valence-corrected chi connectivity index (χ3v) is 3.07. The van der Waals surface area contributed by atoms with Crippen molar-refractivity contribution in [2.75, 3.05) is 0 Å². The van der Waals surface area contributed by atoms with Crippen molar-refractivity contribution in [3.05, 3.63) is 29.2 Å². The fourth-order valence-corrected chi connectivity index (χ4v) is 2.20. The van der Waals surface area contributed by atoms with E-state index in [-0.39, 0.29) is 5.70 Å². The molecule has 1 aliphatic heterocycles. The first kappa shape index (κ1) is 20.2. The Hall–Kier alpha value is 1.16. The van der Waals surface area contributed by atoms with E-state index in [9.17, 15) is 9.59 Å². The van der Waals surface area contributed by atoms with Crippen LogP contribution in [0.4, 0.5) is 0 Å². The molecular weight excluding hydrogens is 447 g/mol. The molecule has 0 fully saturated rings. The number of carbonyl (C=O) groups excluding carboxylic acids is 2. The zero-order chi connectivity index (χ0) is 15.1. The Kier molecular flexibility index (Phi) is 10.6. The van der Waals surface area contributed by atoms with E-state index in [0.29, 0.717) is 11.8 Å². The van der Waals surface area contributed by atoms with Gasteiger partial charge in [0.25, 0.3) is 0 Å². The number of hydrogen-bond acceptors (Lipinski definition) is 4. The molecule has 1 rings (SSSR count). The van der Waals surface area contributed by atoms with Crippen LogP contribution in [0, 0.1) is 0 Å². The Morgan fingerprint density at radius 1 is 1.37 bits per heavy atom. The van der Waals surface area contributed by atoms with Crippen LogP contribution in [-0.4, -0.2) is 19.4 Å². The normalized spacial score (nSPS) is 17.9. The van der Waals surface area contributed by atoms with Gasteiger partial charge in [-0.3, -0.25) is 4.79 Å². The van der Waals surface area contributed by atoms with Gasteiger partial charge in [-0.15, -0.1) is 5.70 Å². The molecule has 0 N–H and O–H groups in total. The van der Waals surface area contributed by atoms with Crippen molar-refractivity contribution in [2.45, 2.75) is 9.17 Å². The summed E-state index contributed by atoms with van der Waals surface area (Å²) in [5, 5.41) is 2.76. The van der Waals surface area contributed by atoms with E-state index >= 15 is 0 Å². The molecule has 0 spiro atoms. The summed E-state index contributed by atoms with van der Waals surface area (Å²) in [7, 11) is 9.34. The molecule has 1 unspecified atom stereocenters. The monoisotopic (exact) mass is 448 g/mol. The van der Waals surface area contributed by atoms with Crippen LogP contribution in [-0.2, 0) is 35.4 Å². The summed E-state index contributed by atoms with van der Waals surface area (Å²) >= 11 is 22.0. The predicted octanol–water partition coefficient (Wildman–Crippen LogP) is 4.22. The Morgan fingerprint density at radius 3 is 2.32 bits per heavy atom. The van der Waals surface area contributed by atoms with Crippen molar-refractivity contribution in [2.24, 2.45) is 0 Å². The van der Waals surface area contributed by atoms with Crippen LogP contribution < -0.4 is 0 Å². The third-order valence-electron chi connectivity index (χ3n) is 1.49. The van der Waals surface area contributed by atoms with Gasteiger partial charge in [0.05, 0.1) is 0 Å². The Bertz CT molecular complexity index is 399. The summed E-state index contributed by atoms with van der Waals surface area (Å²) in [5.74, 6) is 0. The van der Waals surface area contributed by atoms with Gasteiger partial charge in [0.15, 0.2) is 5.12 Å². The van der Waals surface area contributed by atoms with E-state index in [4.69, 9.17) is 34.8 Å². The third kappa shape index (κ3) is 9.67. The SMILES string of the molecule is O=C([S-])C1=CC=CC(C(=O)SC(Cl)(Cl)Cl)[N-]1.[Cl][Cu][Cl]. The molecule has 0 aromatic carbocycles. The molecule has 0 aromatic rings. The maximum absolute atomic E-state index is 11.6. The molecule has 0 aliphatic carbocycles. The molecule has 0 radical (unpaired) electrons. The fraction of sp³-hybridized carbons (Fsp3) is 0.250. The summed E-state index contributed by atoms with van der Waals surface area (Å²) in [4.78, 5) is 22.4. The standard InChI is InChI=1S/C8H5Cl3NO2S2.2ClH.Cu/c9-8(10,11)16-7(14)5-3-1-2-4(12-5)6(13)15;;;/h1-3,5H,(H,13,15);2*1H;/q-1;;;+2/p-3. The topological polar surface area (TPSA) is 48.2 Å². The van der Waals surface area contributed by atoms with Crippen molar-refractivity contribution in [1.82, 2.24) is 0 Å². The van der Waals surface area contributed by atoms with Crippen molar-refractivity contribution >= 4 is 89.6 Å². The quantitative estimate of drug-likeness (QED) is 0.359. The number of hydrogen-bond donors (Lipinski definition) is 0. The minimum absolute atomic E-state index is 0.0563. The van der Waals surface area contributed by atoms with Crippen LogP contribution in [0.3, 0.4) is 0 Å². The molecule has 3 nitrogen and oxygen atoms in total. The minimum atomic E-state index is -1.74. The van der Waals surface area contributed by atoms with Gasteiger partial charge in [0.2, 0.25) is 3.12 Å². The van der Waals surface area contributed by atoms with Crippen molar-refractivity contribution in [3.8, 4) is 0 Å². The van der Waals surface area contributed by atoms with Crippen LogP contribution in [0.5, 0.6) is 0 Å². The zero-order valence-electron chi connectivity index (χ0n) is 8.58. The van der Waals surface area contributed by atoms with Crippen molar-refractivity contribution < 1.29 is 22.7 Å². The molecule has 113 valence electrons. The molecule has 0 aromatic heterocycles. The maximum atomic E-state index is 11.6. The number of halogens is 5. The molecule has 0 bridgehead atoms. The van der Waals surface area contributed by atoms with E-state index < -0.39 is 19.4 Å². The van der Waals surface area contributed by atoms with Gasteiger partial charge >= 0.3 is 33.3 Å². The van der Waals surface area contributed by atoms with E-state index in [1.807, 2.05) is 0 Å². The Morgan fingerprint density at radius 2 is 1.89 bits per heavy atom. The van der Waals surface area contributed by atoms with Crippen LogP contribution in [0.2, 0.25) is 0 Å². The van der Waals surface area contributed by atoms with Crippen LogP contribution in [0.25, 0.3) is 5.32 Å². The second-order valence-corrected chi connectivity index (χ2v) is 8.81. The number of alkyl halides is 3. The molecule has 1 atom stereocenters. The van der Waals surface area contributed by atoms with Gasteiger partial charge in [-0.2, -0.15) is 0 Å². The molecule has 11 heteroatoms. The van der Waals surface area contributed by atoms with Crippen molar-refractivity contribution in [3.63, 3.8) is 0 Å². The van der Waals surface area contributed by atoms with Gasteiger partial charge in [0.1, 0.15) is 0 Å². The average molecular weight is 451 g/mol. The molecule has 1 aliphatic rings. The molecule has 1 heterocycles. The van der Waals surface area contributed by atoms with Gasteiger partial charge in [-0.1, -0.05) is 53.0 Å². The van der Waals surface area contributed by atoms with Gasteiger partial charge in [0, 0.05) is 5.12 Å². The van der Waals surface area contributed by atoms with Gasteiger partial charge in [-0.05, 0) is 17.8 Å². The molecule has 0 saturated carbocycles. The number of allylic oxidation sites excluding steroid dienone is 2. The summed E-state index contributed by atoms with van der Waals surface area (Å²) < 4.78 is -1.74. The van der Waals surface area contributed by atoms with E-state index in [2.05, 4.69) is 38.1 Å². The average Bonchev–Trinajstić information content (AvgIpc) is 2.28. The molecular formula is C8H4Cl5CuNO2S2-2. The summed E-state index contributed by atoms with van der Waals surface area (Å²) in [5.41, 5.74) is 0.0563. The number of carbonyl (C=O) groups is 2. The van der Waals surface area contributed by atoms with E-state index in [1.165, 1.54) is 18.2 Å². The molecule has 19 heavy (non-hydrogen) atoms. The number of rotatable bonds is 2. The van der Waals surface area contributed by atoms with E-state index in [0.717, 1.165) is 13.1 Å². The van der Waals surface area contributed by atoms with Crippen LogP contribution in [0.15, 0.2) is 23.9 Å². The van der Waals surface area contributed by atoms with Crippen molar-refractivity contribution in [1.29, 1.82) is 0 Å². The predicted molar refractivity (Wildman–Crippen MR) is 81.3 cm³/mol. The second-order valence-electron chi connectivity index (χ2n) is 2.71. The van der Waals surface area contributed by atoms with Gasteiger partial charge in [-0.25, -0.2) is 0 Å². The summed E-state index contributed by atoms with van der Waals surface area (Å²) in [6, 6.07) is -0.840. The molecule has 0 amide bonds. The summed E-state index contributed by atoms with van der Waals surface area (Å²) in [6.45, 7) is 0. The zero-order valence-corrected chi connectivity index (χ0v) is 14.9. The Balaban J connectivity index is 0.000000982. The van der Waals surface area contributed by atoms with Crippen LogP contribution >= 0.6 is 66.8 Å². The fourth-order valence-electron chi connectivity index (χ4n) is 0.914. The Labute approximate surface area is 149 Å². The molecule has 0 saturated heterocycles. The number of nitrogens with zero attached hydrogens (tertiary/aromatic N) is 1. The first-order chi connectivity index (χ1) is 8.71. The first-order valence-electron chi connectivity index (χ1n) is 4.12. The second kappa shape index (κ2) is 9.98. The first-order valence-corrected chi connectivity index (χ1v) is 9.07. The van der Waals surface area contributed by atoms with Crippen LogP contribution in [0.1, 0.15) is 0 Å². The number of thioether (sulfide) groups is 1. The van der Waals surface area contributed by atoms with E-state index in [1.54, 1.807) is 0 Å². The van der Waals surface area contributed by atoms with Gasteiger partial charge < -0.3 is 22.7 Å². The summed E-state index contributed by atoms with van der Waals surface area (Å²) in [6.07, 6.45) is 4.45.